The predicted molar refractivity (Wildman–Crippen MR) is 85.6 cm³/mol. The van der Waals surface area contributed by atoms with E-state index in [2.05, 4.69) is 12.2 Å². The van der Waals surface area contributed by atoms with E-state index in [-0.39, 0.29) is 11.9 Å². The molecule has 4 heteroatoms. The van der Waals surface area contributed by atoms with Gasteiger partial charge in [-0.25, -0.2) is 4.39 Å². The summed E-state index contributed by atoms with van der Waals surface area (Å²) in [4.78, 5) is 0. The highest BCUT2D eigenvalue weighted by atomic mass is 35.5. The number of rotatable bonds is 6. The Morgan fingerprint density at radius 3 is 2.81 bits per heavy atom. The van der Waals surface area contributed by atoms with Crippen LogP contribution in [0.25, 0.3) is 0 Å². The van der Waals surface area contributed by atoms with Gasteiger partial charge in [-0.3, -0.25) is 0 Å². The first kappa shape index (κ1) is 15.6. The van der Waals surface area contributed by atoms with Gasteiger partial charge in [0.1, 0.15) is 11.6 Å². The minimum Gasteiger partial charge on any atom is -0.491 e. The Labute approximate surface area is 129 Å². The summed E-state index contributed by atoms with van der Waals surface area (Å²) in [5.74, 6) is 0.542. The fraction of sp³-hybridized carbons (Fsp3) is 0.294. The quantitative estimate of drug-likeness (QED) is 0.785. The van der Waals surface area contributed by atoms with Crippen LogP contribution in [0.2, 0.25) is 5.02 Å². The molecule has 21 heavy (non-hydrogen) atoms. The molecule has 0 saturated carbocycles. The first-order chi connectivity index (χ1) is 10.1. The Morgan fingerprint density at radius 2 is 2.05 bits per heavy atom. The molecule has 0 radical (unpaired) electrons. The fourth-order valence-electron chi connectivity index (χ4n) is 1.87. The van der Waals surface area contributed by atoms with Crippen LogP contribution in [-0.4, -0.2) is 6.10 Å². The van der Waals surface area contributed by atoms with Crippen molar-refractivity contribution in [3.05, 3.63) is 58.9 Å². The van der Waals surface area contributed by atoms with Crippen molar-refractivity contribution in [2.24, 2.45) is 0 Å². The van der Waals surface area contributed by atoms with Gasteiger partial charge in [0.2, 0.25) is 0 Å². The van der Waals surface area contributed by atoms with E-state index < -0.39 is 0 Å². The molecule has 0 amide bonds. The number of anilines is 1. The molecule has 2 aromatic rings. The third-order valence-electron chi connectivity index (χ3n) is 3.24. The molecular weight excluding hydrogens is 289 g/mol. The molecule has 0 aliphatic rings. The average Bonchev–Trinajstić information content (AvgIpc) is 2.48. The summed E-state index contributed by atoms with van der Waals surface area (Å²) >= 11 is 5.88. The van der Waals surface area contributed by atoms with Crippen molar-refractivity contribution >= 4 is 17.3 Å². The maximum atomic E-state index is 13.6. The third-order valence-corrected chi connectivity index (χ3v) is 3.47. The Balaban J connectivity index is 2.03. The number of halogens is 2. The van der Waals surface area contributed by atoms with E-state index in [9.17, 15) is 4.39 Å². The molecule has 0 saturated heterocycles. The third kappa shape index (κ3) is 4.64. The van der Waals surface area contributed by atoms with Gasteiger partial charge in [-0.05, 0) is 43.7 Å². The molecule has 2 nitrogen and oxygen atoms in total. The van der Waals surface area contributed by atoms with Gasteiger partial charge in [0.05, 0.1) is 6.10 Å². The summed E-state index contributed by atoms with van der Waals surface area (Å²) in [5, 5.41) is 3.71. The predicted octanol–water partition coefficient (Wildman–Crippen LogP) is 5.27. The highest BCUT2D eigenvalue weighted by molar-refractivity contribution is 6.30. The summed E-state index contributed by atoms with van der Waals surface area (Å²) < 4.78 is 19.4. The monoisotopic (exact) mass is 307 g/mol. The Morgan fingerprint density at radius 1 is 1.24 bits per heavy atom. The highest BCUT2D eigenvalue weighted by Gasteiger charge is 2.05. The lowest BCUT2D eigenvalue weighted by atomic mass is 10.2. The average molecular weight is 308 g/mol. The van der Waals surface area contributed by atoms with Gasteiger partial charge in [-0.1, -0.05) is 24.6 Å². The minimum absolute atomic E-state index is 0.172. The molecule has 0 heterocycles. The maximum Gasteiger partial charge on any atom is 0.128 e. The van der Waals surface area contributed by atoms with Crippen LogP contribution in [0.4, 0.5) is 10.1 Å². The van der Waals surface area contributed by atoms with Crippen LogP contribution in [-0.2, 0) is 6.54 Å². The zero-order valence-electron chi connectivity index (χ0n) is 12.2. The van der Waals surface area contributed by atoms with Crippen LogP contribution < -0.4 is 10.1 Å². The van der Waals surface area contributed by atoms with Crippen LogP contribution in [0.5, 0.6) is 5.75 Å². The lowest BCUT2D eigenvalue weighted by Gasteiger charge is -2.14. The summed E-state index contributed by atoms with van der Waals surface area (Å²) in [6, 6.07) is 12.2. The maximum absolute atomic E-state index is 13.6. The van der Waals surface area contributed by atoms with E-state index in [0.29, 0.717) is 17.1 Å². The molecule has 1 unspecified atom stereocenters. The van der Waals surface area contributed by atoms with E-state index in [1.165, 1.54) is 6.07 Å². The van der Waals surface area contributed by atoms with Crippen LogP contribution in [0, 0.1) is 5.82 Å². The van der Waals surface area contributed by atoms with E-state index in [1.807, 2.05) is 31.2 Å². The lowest BCUT2D eigenvalue weighted by Crippen LogP contribution is -2.10. The Hall–Kier alpha value is -1.74. The van der Waals surface area contributed by atoms with Crippen LogP contribution in [0.1, 0.15) is 25.8 Å². The van der Waals surface area contributed by atoms with Gasteiger partial charge in [0.25, 0.3) is 0 Å². The van der Waals surface area contributed by atoms with Crippen molar-refractivity contribution in [3.63, 3.8) is 0 Å². The second-order valence-electron chi connectivity index (χ2n) is 4.95. The van der Waals surface area contributed by atoms with Crippen molar-refractivity contribution in [3.8, 4) is 5.75 Å². The number of hydrogen-bond donors (Lipinski definition) is 1. The van der Waals surface area contributed by atoms with Crippen molar-refractivity contribution in [2.75, 3.05) is 5.32 Å². The van der Waals surface area contributed by atoms with Gasteiger partial charge in [-0.2, -0.15) is 0 Å². The van der Waals surface area contributed by atoms with Crippen molar-refractivity contribution < 1.29 is 9.13 Å². The summed E-state index contributed by atoms with van der Waals surface area (Å²) in [6.45, 7) is 4.48. The van der Waals surface area contributed by atoms with E-state index >= 15 is 0 Å². The van der Waals surface area contributed by atoms with Crippen molar-refractivity contribution in [1.82, 2.24) is 0 Å². The standard InChI is InChI=1S/C17H19ClFNO/c1-3-12(2)21-16-6-4-5-15(10-16)20-11-13-9-14(18)7-8-17(13)19/h4-10,12,20H,3,11H2,1-2H3. The molecule has 0 spiro atoms. The normalized spacial score (nSPS) is 12.0. The van der Waals surface area contributed by atoms with Crippen LogP contribution in [0.3, 0.4) is 0 Å². The van der Waals surface area contributed by atoms with Gasteiger partial charge in [-0.15, -0.1) is 0 Å². The van der Waals surface area contributed by atoms with Crippen LogP contribution >= 0.6 is 11.6 Å². The van der Waals surface area contributed by atoms with Gasteiger partial charge < -0.3 is 10.1 Å². The summed E-state index contributed by atoms with van der Waals surface area (Å²) in [6.07, 6.45) is 1.12. The van der Waals surface area contributed by atoms with Gasteiger partial charge in [0, 0.05) is 28.9 Å². The number of nitrogens with one attached hydrogen (secondary N) is 1. The fourth-order valence-corrected chi connectivity index (χ4v) is 2.07. The highest BCUT2D eigenvalue weighted by Crippen LogP contribution is 2.21. The molecule has 1 N–H and O–H groups in total. The molecule has 1 atom stereocenters. The molecule has 112 valence electrons. The van der Waals surface area contributed by atoms with Crippen molar-refractivity contribution in [1.29, 1.82) is 0 Å². The first-order valence-corrected chi connectivity index (χ1v) is 7.40. The molecular formula is C17H19ClFNO. The number of hydrogen-bond acceptors (Lipinski definition) is 2. The lowest BCUT2D eigenvalue weighted by molar-refractivity contribution is 0.217. The van der Waals surface area contributed by atoms with E-state index in [4.69, 9.17) is 16.3 Å². The second-order valence-corrected chi connectivity index (χ2v) is 5.39. The summed E-state index contributed by atoms with van der Waals surface area (Å²) in [7, 11) is 0. The smallest absolute Gasteiger partial charge is 0.128 e. The van der Waals surface area contributed by atoms with Gasteiger partial charge >= 0.3 is 0 Å². The summed E-state index contributed by atoms with van der Waals surface area (Å²) in [5.41, 5.74) is 1.42. The van der Waals surface area contributed by atoms with Gasteiger partial charge in [0.15, 0.2) is 0 Å². The largest absolute Gasteiger partial charge is 0.491 e. The van der Waals surface area contributed by atoms with Crippen LogP contribution in [0.15, 0.2) is 42.5 Å². The molecule has 0 aromatic heterocycles. The molecule has 0 aliphatic heterocycles. The molecule has 0 fully saturated rings. The molecule has 2 rings (SSSR count). The molecule has 2 aromatic carbocycles. The zero-order valence-corrected chi connectivity index (χ0v) is 13.0. The minimum atomic E-state index is -0.265. The SMILES string of the molecule is CCC(C)Oc1cccc(NCc2cc(Cl)ccc2F)c1. The Kier molecular flexibility index (Phi) is 5.45. The molecule has 0 aliphatic carbocycles. The second kappa shape index (κ2) is 7.32. The molecule has 0 bridgehead atoms. The Bertz CT molecular complexity index is 603. The zero-order chi connectivity index (χ0) is 15.2. The first-order valence-electron chi connectivity index (χ1n) is 7.03. The van der Waals surface area contributed by atoms with Crippen molar-refractivity contribution in [2.45, 2.75) is 32.9 Å². The number of benzene rings is 2. The topological polar surface area (TPSA) is 21.3 Å². The van der Waals surface area contributed by atoms with E-state index in [1.54, 1.807) is 12.1 Å². The number of ether oxygens (including phenoxy) is 1. The van der Waals surface area contributed by atoms with E-state index in [0.717, 1.165) is 17.9 Å².